The summed E-state index contributed by atoms with van der Waals surface area (Å²) in [6.45, 7) is 9.67. The summed E-state index contributed by atoms with van der Waals surface area (Å²) in [5.74, 6) is 0.0876. The van der Waals surface area contributed by atoms with E-state index in [9.17, 15) is 14.4 Å². The van der Waals surface area contributed by atoms with Gasteiger partial charge in [0.05, 0.1) is 0 Å². The molecule has 148 valence electrons. The number of hydrogen-bond donors (Lipinski definition) is 2. The van der Waals surface area contributed by atoms with Crippen LogP contribution in [0.15, 0.2) is 0 Å². The molecule has 2 fully saturated rings. The van der Waals surface area contributed by atoms with Gasteiger partial charge in [0.1, 0.15) is 5.60 Å². The third kappa shape index (κ3) is 6.38. The van der Waals surface area contributed by atoms with Gasteiger partial charge in [0.2, 0.25) is 5.91 Å². The maximum absolute atomic E-state index is 12.2. The van der Waals surface area contributed by atoms with Crippen molar-refractivity contribution >= 4 is 18.0 Å². The van der Waals surface area contributed by atoms with Gasteiger partial charge in [0.15, 0.2) is 0 Å². The predicted molar refractivity (Wildman–Crippen MR) is 97.8 cm³/mol. The molecule has 0 bridgehead atoms. The quantitative estimate of drug-likeness (QED) is 0.776. The van der Waals surface area contributed by atoms with Crippen LogP contribution in [0.3, 0.4) is 0 Å². The van der Waals surface area contributed by atoms with Gasteiger partial charge >= 0.3 is 12.1 Å². The summed E-state index contributed by atoms with van der Waals surface area (Å²) in [4.78, 5) is 39.1. The average Bonchev–Trinajstić information content (AvgIpc) is 2.54. The Bertz CT molecular complexity index is 516. The number of urea groups is 1. The number of carbonyl (C=O) groups excluding carboxylic acids is 3. The molecular weight excluding hydrogens is 336 g/mol. The topological polar surface area (TPSA) is 91.0 Å². The standard InChI is InChI=1S/C18H32N4O4/c1-13(23)21-9-5-14(6-10-21)19-16(24)20-15-7-11-22(12-8-15)17(25)26-18(2,3)4/h14-15H,5-12H2,1-4H3,(H2,19,20,24). The van der Waals surface area contributed by atoms with Crippen molar-refractivity contribution in [1.82, 2.24) is 20.4 Å². The Labute approximate surface area is 155 Å². The maximum Gasteiger partial charge on any atom is 0.410 e. The molecule has 0 saturated carbocycles. The first-order valence-electron chi connectivity index (χ1n) is 9.44. The van der Waals surface area contributed by atoms with Gasteiger partial charge in [-0.15, -0.1) is 0 Å². The van der Waals surface area contributed by atoms with Crippen molar-refractivity contribution in [2.24, 2.45) is 0 Å². The Morgan fingerprint density at radius 2 is 1.27 bits per heavy atom. The number of carbonyl (C=O) groups is 3. The van der Waals surface area contributed by atoms with Crippen LogP contribution in [0.25, 0.3) is 0 Å². The van der Waals surface area contributed by atoms with E-state index in [-0.39, 0.29) is 30.1 Å². The Morgan fingerprint density at radius 1 is 0.846 bits per heavy atom. The number of nitrogens with zero attached hydrogens (tertiary/aromatic N) is 2. The molecule has 26 heavy (non-hydrogen) atoms. The highest BCUT2D eigenvalue weighted by atomic mass is 16.6. The molecule has 4 amide bonds. The van der Waals surface area contributed by atoms with Gasteiger partial charge in [-0.25, -0.2) is 9.59 Å². The minimum Gasteiger partial charge on any atom is -0.444 e. The second kappa shape index (κ2) is 8.60. The fourth-order valence-corrected chi connectivity index (χ4v) is 3.28. The van der Waals surface area contributed by atoms with E-state index in [0.29, 0.717) is 26.2 Å². The highest BCUT2D eigenvalue weighted by Gasteiger charge is 2.28. The number of likely N-dealkylation sites (tertiary alicyclic amines) is 2. The number of amides is 4. The summed E-state index contributed by atoms with van der Waals surface area (Å²) in [6.07, 6.45) is 2.71. The van der Waals surface area contributed by atoms with Crippen molar-refractivity contribution in [3.05, 3.63) is 0 Å². The van der Waals surface area contributed by atoms with Gasteiger partial charge in [0, 0.05) is 45.2 Å². The lowest BCUT2D eigenvalue weighted by molar-refractivity contribution is -0.129. The van der Waals surface area contributed by atoms with Gasteiger partial charge < -0.3 is 25.2 Å². The molecule has 0 aliphatic carbocycles. The van der Waals surface area contributed by atoms with E-state index < -0.39 is 5.60 Å². The third-order valence-electron chi connectivity index (χ3n) is 4.76. The summed E-state index contributed by atoms with van der Waals surface area (Å²) in [5, 5.41) is 6.00. The first kappa shape index (κ1) is 20.3. The predicted octanol–water partition coefficient (Wildman–Crippen LogP) is 1.70. The van der Waals surface area contributed by atoms with Gasteiger partial charge in [-0.3, -0.25) is 4.79 Å². The monoisotopic (exact) mass is 368 g/mol. The number of rotatable bonds is 2. The molecule has 0 aromatic heterocycles. The number of nitrogens with one attached hydrogen (secondary N) is 2. The van der Waals surface area contributed by atoms with Crippen LogP contribution in [-0.2, 0) is 9.53 Å². The van der Waals surface area contributed by atoms with E-state index in [2.05, 4.69) is 10.6 Å². The summed E-state index contributed by atoms with van der Waals surface area (Å²) in [5.41, 5.74) is -0.496. The highest BCUT2D eigenvalue weighted by Crippen LogP contribution is 2.16. The number of ether oxygens (including phenoxy) is 1. The molecule has 2 saturated heterocycles. The van der Waals surface area contributed by atoms with Crippen molar-refractivity contribution in [2.75, 3.05) is 26.2 Å². The summed E-state index contributed by atoms with van der Waals surface area (Å²) >= 11 is 0. The molecule has 2 N–H and O–H groups in total. The van der Waals surface area contributed by atoms with E-state index >= 15 is 0 Å². The SMILES string of the molecule is CC(=O)N1CCC(NC(=O)NC2CCN(C(=O)OC(C)(C)C)CC2)CC1. The second-order valence-corrected chi connectivity index (χ2v) is 8.14. The fourth-order valence-electron chi connectivity index (χ4n) is 3.28. The minimum atomic E-state index is -0.496. The Balaban J connectivity index is 1.67. The van der Waals surface area contributed by atoms with E-state index in [1.165, 1.54) is 0 Å². The molecule has 0 unspecified atom stereocenters. The first-order chi connectivity index (χ1) is 12.1. The lowest BCUT2D eigenvalue weighted by Gasteiger charge is -2.34. The van der Waals surface area contributed by atoms with E-state index in [0.717, 1.165) is 25.7 Å². The van der Waals surface area contributed by atoms with Crippen LogP contribution in [0, 0.1) is 0 Å². The van der Waals surface area contributed by atoms with Crippen LogP contribution in [-0.4, -0.2) is 71.7 Å². The van der Waals surface area contributed by atoms with Crippen LogP contribution in [0.2, 0.25) is 0 Å². The third-order valence-corrected chi connectivity index (χ3v) is 4.76. The minimum absolute atomic E-state index is 0.0611. The molecular formula is C18H32N4O4. The largest absolute Gasteiger partial charge is 0.444 e. The van der Waals surface area contributed by atoms with Crippen LogP contribution < -0.4 is 10.6 Å². The molecule has 0 aromatic rings. The normalized spacial score (nSPS) is 19.8. The fraction of sp³-hybridized carbons (Fsp3) is 0.833. The van der Waals surface area contributed by atoms with Crippen LogP contribution in [0.5, 0.6) is 0 Å². The zero-order valence-electron chi connectivity index (χ0n) is 16.3. The summed E-state index contributed by atoms with van der Waals surface area (Å²) in [7, 11) is 0. The molecule has 0 atom stereocenters. The molecule has 2 heterocycles. The van der Waals surface area contributed by atoms with Gasteiger partial charge in [-0.1, -0.05) is 0 Å². The molecule has 0 aromatic carbocycles. The van der Waals surface area contributed by atoms with E-state index in [1.807, 2.05) is 25.7 Å². The van der Waals surface area contributed by atoms with Crippen molar-refractivity contribution < 1.29 is 19.1 Å². The Morgan fingerprint density at radius 3 is 1.65 bits per heavy atom. The van der Waals surface area contributed by atoms with Crippen molar-refractivity contribution in [3.8, 4) is 0 Å². The zero-order valence-corrected chi connectivity index (χ0v) is 16.3. The molecule has 2 aliphatic heterocycles. The van der Waals surface area contributed by atoms with Crippen molar-refractivity contribution in [1.29, 1.82) is 0 Å². The molecule has 8 nitrogen and oxygen atoms in total. The van der Waals surface area contributed by atoms with E-state index in [4.69, 9.17) is 4.74 Å². The molecule has 2 rings (SSSR count). The van der Waals surface area contributed by atoms with Gasteiger partial charge in [-0.2, -0.15) is 0 Å². The summed E-state index contributed by atoms with van der Waals surface area (Å²) < 4.78 is 5.38. The summed E-state index contributed by atoms with van der Waals surface area (Å²) in [6, 6.07) is 0.000408. The average molecular weight is 368 g/mol. The first-order valence-corrected chi connectivity index (χ1v) is 9.44. The smallest absolute Gasteiger partial charge is 0.410 e. The van der Waals surface area contributed by atoms with Gasteiger partial charge in [0.25, 0.3) is 0 Å². The molecule has 2 aliphatic rings. The zero-order chi connectivity index (χ0) is 19.3. The number of hydrogen-bond acceptors (Lipinski definition) is 4. The molecule has 8 heteroatoms. The lowest BCUT2D eigenvalue weighted by atomic mass is 10.0. The Kier molecular flexibility index (Phi) is 6.72. The molecule has 0 spiro atoms. The van der Waals surface area contributed by atoms with Crippen molar-refractivity contribution in [2.45, 2.75) is 71.1 Å². The van der Waals surface area contributed by atoms with Crippen LogP contribution in [0.4, 0.5) is 9.59 Å². The second-order valence-electron chi connectivity index (χ2n) is 8.14. The van der Waals surface area contributed by atoms with Crippen LogP contribution in [0.1, 0.15) is 53.4 Å². The lowest BCUT2D eigenvalue weighted by Crippen LogP contribution is -2.53. The molecule has 0 radical (unpaired) electrons. The van der Waals surface area contributed by atoms with E-state index in [1.54, 1.807) is 11.8 Å². The van der Waals surface area contributed by atoms with Gasteiger partial charge in [-0.05, 0) is 46.5 Å². The Hall–Kier alpha value is -1.99. The maximum atomic E-state index is 12.2. The number of piperidine rings is 2. The van der Waals surface area contributed by atoms with Crippen LogP contribution >= 0.6 is 0 Å². The highest BCUT2D eigenvalue weighted by molar-refractivity contribution is 5.75. The van der Waals surface area contributed by atoms with Crippen molar-refractivity contribution in [3.63, 3.8) is 0 Å².